The van der Waals surface area contributed by atoms with Gasteiger partial charge in [0.25, 0.3) is 0 Å². The highest BCUT2D eigenvalue weighted by Gasteiger charge is 2.23. The maximum absolute atomic E-state index is 12.1. The number of carbonyl (C=O) groups excluding carboxylic acids is 2. The Labute approximate surface area is 152 Å². The first-order chi connectivity index (χ1) is 12.1. The van der Waals surface area contributed by atoms with Gasteiger partial charge in [0, 0.05) is 5.69 Å². The summed E-state index contributed by atoms with van der Waals surface area (Å²) in [6.07, 6.45) is 1.96. The average Bonchev–Trinajstić information content (AvgIpc) is 3.00. The highest BCUT2D eigenvalue weighted by atomic mass is 32.2. The fraction of sp³-hybridized carbons (Fsp3) is 0.300. The molecule has 1 aliphatic carbocycles. The van der Waals surface area contributed by atoms with Crippen LogP contribution in [0.25, 0.3) is 0 Å². The second-order valence-electron chi connectivity index (χ2n) is 6.26. The molecule has 0 spiro atoms. The molecule has 0 saturated heterocycles. The third-order valence-corrected chi connectivity index (χ3v) is 5.20. The molecule has 0 aromatic heterocycles. The SMILES string of the molecule is Cc1ccc(NC(=O)CSCC(=O)NC2CCc3ccccc32)cc1. The molecule has 1 aliphatic rings. The number of rotatable bonds is 6. The molecule has 2 aromatic carbocycles. The third-order valence-electron chi connectivity index (χ3n) is 4.27. The molecule has 2 aromatic rings. The van der Waals surface area contributed by atoms with E-state index >= 15 is 0 Å². The van der Waals surface area contributed by atoms with Crippen molar-refractivity contribution in [2.24, 2.45) is 0 Å². The summed E-state index contributed by atoms with van der Waals surface area (Å²) in [6.45, 7) is 2.00. The number of hydrogen-bond donors (Lipinski definition) is 2. The number of amides is 2. The molecule has 0 fully saturated rings. The van der Waals surface area contributed by atoms with E-state index in [2.05, 4.69) is 22.8 Å². The minimum atomic E-state index is -0.0899. The number of carbonyl (C=O) groups is 2. The Bertz CT molecular complexity index is 759. The molecule has 1 unspecified atom stereocenters. The molecule has 5 heteroatoms. The second-order valence-corrected chi connectivity index (χ2v) is 7.25. The van der Waals surface area contributed by atoms with Gasteiger partial charge in [-0.3, -0.25) is 9.59 Å². The first-order valence-corrected chi connectivity index (χ1v) is 9.59. The number of nitrogens with one attached hydrogen (secondary N) is 2. The molecule has 4 nitrogen and oxygen atoms in total. The molecule has 130 valence electrons. The maximum Gasteiger partial charge on any atom is 0.234 e. The summed E-state index contributed by atoms with van der Waals surface area (Å²) in [5, 5.41) is 5.91. The van der Waals surface area contributed by atoms with E-state index in [-0.39, 0.29) is 23.6 Å². The van der Waals surface area contributed by atoms with Gasteiger partial charge in [-0.2, -0.15) is 0 Å². The van der Waals surface area contributed by atoms with E-state index in [1.165, 1.54) is 22.9 Å². The van der Waals surface area contributed by atoms with Crippen LogP contribution in [0, 0.1) is 6.92 Å². The lowest BCUT2D eigenvalue weighted by Crippen LogP contribution is -2.29. The van der Waals surface area contributed by atoms with E-state index in [1.54, 1.807) is 0 Å². The number of benzene rings is 2. The van der Waals surface area contributed by atoms with E-state index in [4.69, 9.17) is 0 Å². The summed E-state index contributed by atoms with van der Waals surface area (Å²) in [6, 6.07) is 16.0. The van der Waals surface area contributed by atoms with Crippen LogP contribution < -0.4 is 10.6 Å². The van der Waals surface area contributed by atoms with Crippen molar-refractivity contribution in [2.45, 2.75) is 25.8 Å². The average molecular weight is 354 g/mol. The van der Waals surface area contributed by atoms with Crippen molar-refractivity contribution >= 4 is 29.3 Å². The molecule has 0 heterocycles. The van der Waals surface area contributed by atoms with Crippen LogP contribution in [0.5, 0.6) is 0 Å². The van der Waals surface area contributed by atoms with Crippen LogP contribution in [-0.4, -0.2) is 23.3 Å². The van der Waals surface area contributed by atoms with Crippen LogP contribution in [-0.2, 0) is 16.0 Å². The molecule has 0 radical (unpaired) electrons. The van der Waals surface area contributed by atoms with E-state index in [1.807, 2.05) is 43.3 Å². The van der Waals surface area contributed by atoms with Crippen LogP contribution in [0.15, 0.2) is 48.5 Å². The van der Waals surface area contributed by atoms with Crippen molar-refractivity contribution in [3.8, 4) is 0 Å². The number of hydrogen-bond acceptors (Lipinski definition) is 3. The Balaban J connectivity index is 1.39. The molecule has 25 heavy (non-hydrogen) atoms. The lowest BCUT2D eigenvalue weighted by Gasteiger charge is -2.14. The van der Waals surface area contributed by atoms with Crippen LogP contribution in [0.1, 0.15) is 29.2 Å². The molecule has 2 amide bonds. The van der Waals surface area contributed by atoms with Gasteiger partial charge in [-0.25, -0.2) is 0 Å². The van der Waals surface area contributed by atoms with Crippen molar-refractivity contribution < 1.29 is 9.59 Å². The molecular weight excluding hydrogens is 332 g/mol. The summed E-state index contributed by atoms with van der Waals surface area (Å²) >= 11 is 1.33. The van der Waals surface area contributed by atoms with Crippen LogP contribution in [0.2, 0.25) is 0 Å². The minimum absolute atomic E-state index is 0.0187. The van der Waals surface area contributed by atoms with E-state index in [0.717, 1.165) is 24.1 Å². The van der Waals surface area contributed by atoms with E-state index in [0.29, 0.717) is 5.75 Å². The van der Waals surface area contributed by atoms with E-state index < -0.39 is 0 Å². The largest absolute Gasteiger partial charge is 0.349 e. The Kier molecular flexibility index (Phi) is 5.76. The van der Waals surface area contributed by atoms with Gasteiger partial charge in [0.1, 0.15) is 0 Å². The quantitative estimate of drug-likeness (QED) is 0.835. The van der Waals surface area contributed by atoms with Crippen molar-refractivity contribution in [3.63, 3.8) is 0 Å². The minimum Gasteiger partial charge on any atom is -0.349 e. The molecule has 0 aliphatic heterocycles. The molecular formula is C20H22N2O2S. The fourth-order valence-corrected chi connectivity index (χ4v) is 3.64. The molecule has 0 bridgehead atoms. The van der Waals surface area contributed by atoms with Gasteiger partial charge in [-0.05, 0) is 43.0 Å². The smallest absolute Gasteiger partial charge is 0.234 e. The highest BCUT2D eigenvalue weighted by molar-refractivity contribution is 8.00. The molecule has 3 rings (SSSR count). The zero-order valence-electron chi connectivity index (χ0n) is 14.2. The monoisotopic (exact) mass is 354 g/mol. The summed E-state index contributed by atoms with van der Waals surface area (Å²) in [5.41, 5.74) is 4.47. The number of thioether (sulfide) groups is 1. The Hall–Kier alpha value is -2.27. The zero-order valence-corrected chi connectivity index (χ0v) is 15.1. The van der Waals surface area contributed by atoms with Gasteiger partial charge in [0.15, 0.2) is 0 Å². The maximum atomic E-state index is 12.1. The van der Waals surface area contributed by atoms with Gasteiger partial charge in [-0.15, -0.1) is 11.8 Å². The first kappa shape index (κ1) is 17.5. The summed E-state index contributed by atoms with van der Waals surface area (Å²) in [7, 11) is 0. The zero-order chi connectivity index (χ0) is 17.6. The van der Waals surface area contributed by atoms with Crippen molar-refractivity contribution in [1.82, 2.24) is 5.32 Å². The summed E-state index contributed by atoms with van der Waals surface area (Å²) in [5.74, 6) is 0.449. The first-order valence-electron chi connectivity index (χ1n) is 8.43. The Morgan fingerprint density at radius 1 is 1.04 bits per heavy atom. The second kappa shape index (κ2) is 8.21. The Morgan fingerprint density at radius 3 is 2.56 bits per heavy atom. The van der Waals surface area contributed by atoms with Gasteiger partial charge in [0.2, 0.25) is 11.8 Å². The van der Waals surface area contributed by atoms with Gasteiger partial charge in [0.05, 0.1) is 17.5 Å². The van der Waals surface area contributed by atoms with Crippen LogP contribution >= 0.6 is 11.8 Å². The topological polar surface area (TPSA) is 58.2 Å². The predicted octanol–water partition coefficient (Wildman–Crippen LogP) is 3.47. The number of aryl methyl sites for hydroxylation is 2. The molecule has 0 saturated carbocycles. The highest BCUT2D eigenvalue weighted by Crippen LogP contribution is 2.30. The van der Waals surface area contributed by atoms with Crippen molar-refractivity contribution in [3.05, 3.63) is 65.2 Å². The molecule has 1 atom stereocenters. The third kappa shape index (κ3) is 4.86. The molecule has 2 N–H and O–H groups in total. The van der Waals surface area contributed by atoms with Gasteiger partial charge < -0.3 is 10.6 Å². The summed E-state index contributed by atoms with van der Waals surface area (Å²) in [4.78, 5) is 24.0. The number of fused-ring (bicyclic) bond motifs is 1. The standard InChI is InChI=1S/C20H22N2O2S/c1-14-6-9-16(10-7-14)21-19(23)12-25-13-20(24)22-18-11-8-15-4-2-3-5-17(15)18/h2-7,9-10,18H,8,11-13H2,1H3,(H,21,23)(H,22,24). The lowest BCUT2D eigenvalue weighted by molar-refractivity contribution is -0.119. The van der Waals surface area contributed by atoms with Gasteiger partial charge >= 0.3 is 0 Å². The lowest BCUT2D eigenvalue weighted by atomic mass is 10.1. The van der Waals surface area contributed by atoms with Crippen molar-refractivity contribution in [1.29, 1.82) is 0 Å². The number of anilines is 1. The fourth-order valence-electron chi connectivity index (χ4n) is 3.01. The summed E-state index contributed by atoms with van der Waals surface area (Å²) < 4.78 is 0. The van der Waals surface area contributed by atoms with Crippen LogP contribution in [0.3, 0.4) is 0 Å². The predicted molar refractivity (Wildman–Crippen MR) is 103 cm³/mol. The Morgan fingerprint density at radius 2 is 1.76 bits per heavy atom. The van der Waals surface area contributed by atoms with Gasteiger partial charge in [-0.1, -0.05) is 42.0 Å². The van der Waals surface area contributed by atoms with E-state index in [9.17, 15) is 9.59 Å². The van der Waals surface area contributed by atoms with Crippen LogP contribution in [0.4, 0.5) is 5.69 Å². The van der Waals surface area contributed by atoms with Crippen molar-refractivity contribution in [2.75, 3.05) is 16.8 Å². The normalized spacial score (nSPS) is 15.5.